The summed E-state index contributed by atoms with van der Waals surface area (Å²) in [6, 6.07) is 13.1. The van der Waals surface area contributed by atoms with Crippen molar-refractivity contribution in [1.82, 2.24) is 30.1 Å². The van der Waals surface area contributed by atoms with E-state index in [0.29, 0.717) is 33.5 Å². The Balaban J connectivity index is 1.56. The molecule has 0 spiro atoms. The molecule has 0 bridgehead atoms. The van der Waals surface area contributed by atoms with Gasteiger partial charge in [-0.05, 0) is 43.3 Å². The van der Waals surface area contributed by atoms with Crippen LogP contribution in [-0.2, 0) is 0 Å². The maximum atomic E-state index is 15.6. The Morgan fingerprint density at radius 3 is 2.71 bits per heavy atom. The Labute approximate surface area is 179 Å². The zero-order chi connectivity index (χ0) is 20.9. The number of pyridine rings is 2. The summed E-state index contributed by atoms with van der Waals surface area (Å²) in [5.41, 5.74) is 4.57. The number of imidazole rings is 1. The number of nitrogens with one attached hydrogen (secondary N) is 2. The van der Waals surface area contributed by atoms with Crippen molar-refractivity contribution in [2.45, 2.75) is 6.92 Å². The molecule has 0 aliphatic rings. The monoisotopic (exact) mass is 426 g/mol. The lowest BCUT2D eigenvalue weighted by atomic mass is 10.0. The van der Waals surface area contributed by atoms with Gasteiger partial charge in [-0.15, -0.1) is 11.3 Å². The molecule has 6 rings (SSSR count). The van der Waals surface area contributed by atoms with Crippen molar-refractivity contribution in [2.75, 3.05) is 0 Å². The van der Waals surface area contributed by atoms with Crippen LogP contribution in [0.2, 0.25) is 0 Å². The minimum Gasteiger partial charge on any atom is -0.336 e. The molecule has 0 amide bonds. The van der Waals surface area contributed by atoms with Gasteiger partial charge >= 0.3 is 0 Å². The first kappa shape index (κ1) is 17.9. The van der Waals surface area contributed by atoms with Crippen LogP contribution in [0, 0.1) is 12.7 Å². The van der Waals surface area contributed by atoms with Gasteiger partial charge in [0.25, 0.3) is 0 Å². The maximum Gasteiger partial charge on any atom is 0.159 e. The molecular weight excluding hydrogens is 411 g/mol. The van der Waals surface area contributed by atoms with Gasteiger partial charge in [-0.25, -0.2) is 9.37 Å². The van der Waals surface area contributed by atoms with Crippen molar-refractivity contribution in [3.63, 3.8) is 0 Å². The Morgan fingerprint density at radius 1 is 0.968 bits per heavy atom. The second-order valence-electron chi connectivity index (χ2n) is 7.22. The molecule has 0 aliphatic heterocycles. The van der Waals surface area contributed by atoms with Gasteiger partial charge in [0.15, 0.2) is 5.82 Å². The number of fused-ring (bicyclic) bond motifs is 2. The summed E-state index contributed by atoms with van der Waals surface area (Å²) in [6.45, 7) is 2.06. The molecule has 5 heterocycles. The fourth-order valence-electron chi connectivity index (χ4n) is 3.78. The first-order valence-electron chi connectivity index (χ1n) is 9.68. The molecule has 0 atom stereocenters. The standard InChI is InChI=1S/C23H15FN6S/c1-12-4-7-17(31-12)21-20-16(8-10-26-21)27-23(28-20)22-18-15(29-30-22)6-5-14(19(18)24)13-3-2-9-25-11-13/h2-11H,1H3,(H,27,28)(H,29,30). The summed E-state index contributed by atoms with van der Waals surface area (Å²) >= 11 is 1.66. The van der Waals surface area contributed by atoms with E-state index in [0.717, 1.165) is 21.6 Å². The third kappa shape index (κ3) is 2.83. The SMILES string of the molecule is Cc1ccc(-c2nccc3[nH]c(-c4n[nH]c5ccc(-c6cccnc6)c(F)c45)nc23)s1. The van der Waals surface area contributed by atoms with Crippen LogP contribution in [0.25, 0.3) is 55.2 Å². The summed E-state index contributed by atoms with van der Waals surface area (Å²) in [5.74, 6) is 0.132. The predicted octanol–water partition coefficient (Wildman–Crippen LogP) is 5.74. The molecule has 0 fully saturated rings. The number of H-pyrrole nitrogens is 2. The number of hydrogen-bond acceptors (Lipinski definition) is 5. The molecule has 31 heavy (non-hydrogen) atoms. The van der Waals surface area contributed by atoms with E-state index in [4.69, 9.17) is 4.98 Å². The number of rotatable bonds is 3. The summed E-state index contributed by atoms with van der Waals surface area (Å²) in [6.07, 6.45) is 5.06. The first-order valence-corrected chi connectivity index (χ1v) is 10.5. The fourth-order valence-corrected chi connectivity index (χ4v) is 4.64. The Morgan fingerprint density at radius 2 is 1.90 bits per heavy atom. The summed E-state index contributed by atoms with van der Waals surface area (Å²) in [7, 11) is 0. The Bertz CT molecular complexity index is 1560. The largest absolute Gasteiger partial charge is 0.336 e. The van der Waals surface area contributed by atoms with Crippen LogP contribution in [0.4, 0.5) is 4.39 Å². The second-order valence-corrected chi connectivity index (χ2v) is 8.50. The van der Waals surface area contributed by atoms with E-state index in [9.17, 15) is 0 Å². The summed E-state index contributed by atoms with van der Waals surface area (Å²) in [5, 5.41) is 7.68. The molecule has 0 radical (unpaired) electrons. The van der Waals surface area contributed by atoms with Crippen molar-refractivity contribution in [1.29, 1.82) is 0 Å². The van der Waals surface area contributed by atoms with Gasteiger partial charge in [0, 0.05) is 34.6 Å². The van der Waals surface area contributed by atoms with Crippen LogP contribution in [0.1, 0.15) is 4.88 Å². The highest BCUT2D eigenvalue weighted by atomic mass is 32.1. The van der Waals surface area contributed by atoms with Crippen LogP contribution < -0.4 is 0 Å². The van der Waals surface area contributed by atoms with E-state index in [1.54, 1.807) is 42.1 Å². The van der Waals surface area contributed by atoms with E-state index >= 15 is 4.39 Å². The summed E-state index contributed by atoms with van der Waals surface area (Å²) in [4.78, 5) is 18.9. The minimum absolute atomic E-state index is 0.359. The highest BCUT2D eigenvalue weighted by Gasteiger charge is 2.20. The molecule has 2 N–H and O–H groups in total. The quantitative estimate of drug-likeness (QED) is 0.378. The second kappa shape index (κ2) is 6.82. The van der Waals surface area contributed by atoms with Crippen molar-refractivity contribution < 1.29 is 4.39 Å². The number of nitrogens with zero attached hydrogens (tertiary/aromatic N) is 4. The molecule has 150 valence electrons. The van der Waals surface area contributed by atoms with E-state index in [1.807, 2.05) is 24.3 Å². The lowest BCUT2D eigenvalue weighted by Crippen LogP contribution is -1.89. The van der Waals surface area contributed by atoms with Crippen molar-refractivity contribution in [3.8, 4) is 33.2 Å². The molecule has 1 aromatic carbocycles. The minimum atomic E-state index is -0.359. The van der Waals surface area contributed by atoms with Crippen molar-refractivity contribution >= 4 is 33.3 Å². The third-order valence-corrected chi connectivity index (χ3v) is 6.25. The van der Waals surface area contributed by atoms with E-state index < -0.39 is 0 Å². The first-order chi connectivity index (χ1) is 15.2. The Hall–Kier alpha value is -3.91. The van der Waals surface area contributed by atoms with Crippen LogP contribution in [0.15, 0.2) is 61.1 Å². The number of thiophene rings is 1. The zero-order valence-electron chi connectivity index (χ0n) is 16.3. The van der Waals surface area contributed by atoms with Gasteiger partial charge in [-0.2, -0.15) is 5.10 Å². The average Bonchev–Trinajstić information content (AvgIpc) is 3.52. The van der Waals surface area contributed by atoms with Gasteiger partial charge in [-0.3, -0.25) is 15.1 Å². The van der Waals surface area contributed by atoms with Gasteiger partial charge in [-0.1, -0.05) is 6.07 Å². The molecule has 5 aromatic heterocycles. The van der Waals surface area contributed by atoms with Crippen LogP contribution >= 0.6 is 11.3 Å². The maximum absolute atomic E-state index is 15.6. The number of aromatic nitrogens is 6. The molecule has 6 aromatic rings. The zero-order valence-corrected chi connectivity index (χ0v) is 17.2. The van der Waals surface area contributed by atoms with Gasteiger partial charge in [0.2, 0.25) is 0 Å². The number of halogens is 1. The predicted molar refractivity (Wildman–Crippen MR) is 120 cm³/mol. The molecule has 0 saturated carbocycles. The molecular formula is C23H15FN6S. The lowest BCUT2D eigenvalue weighted by molar-refractivity contribution is 0.643. The van der Waals surface area contributed by atoms with Gasteiger partial charge < -0.3 is 4.98 Å². The van der Waals surface area contributed by atoms with Crippen molar-refractivity contribution in [3.05, 3.63) is 71.7 Å². The molecule has 8 heteroatoms. The van der Waals surface area contributed by atoms with Gasteiger partial charge in [0.05, 0.1) is 21.3 Å². The van der Waals surface area contributed by atoms with Gasteiger partial charge in [0.1, 0.15) is 22.7 Å². The molecule has 0 unspecified atom stereocenters. The van der Waals surface area contributed by atoms with Crippen molar-refractivity contribution in [2.24, 2.45) is 0 Å². The lowest BCUT2D eigenvalue weighted by Gasteiger charge is -2.04. The van der Waals surface area contributed by atoms with E-state index in [1.165, 1.54) is 4.88 Å². The third-order valence-electron chi connectivity index (χ3n) is 5.24. The molecule has 0 saturated heterocycles. The average molecular weight is 426 g/mol. The number of hydrogen-bond donors (Lipinski definition) is 2. The van der Waals surface area contributed by atoms with Crippen LogP contribution in [-0.4, -0.2) is 30.1 Å². The molecule has 0 aliphatic carbocycles. The highest BCUT2D eigenvalue weighted by molar-refractivity contribution is 7.15. The number of aromatic amines is 2. The number of aryl methyl sites for hydroxylation is 1. The van der Waals surface area contributed by atoms with Crippen LogP contribution in [0.3, 0.4) is 0 Å². The Kier molecular flexibility index (Phi) is 3.94. The highest BCUT2D eigenvalue weighted by Crippen LogP contribution is 2.35. The van der Waals surface area contributed by atoms with Crippen LogP contribution in [0.5, 0.6) is 0 Å². The molecule has 6 nitrogen and oxygen atoms in total. The number of benzene rings is 1. The fraction of sp³-hybridized carbons (Fsp3) is 0.0435. The smallest absolute Gasteiger partial charge is 0.159 e. The topological polar surface area (TPSA) is 83.1 Å². The van der Waals surface area contributed by atoms with E-state index in [-0.39, 0.29) is 5.82 Å². The van der Waals surface area contributed by atoms with E-state index in [2.05, 4.69) is 38.1 Å². The normalized spacial score (nSPS) is 11.5. The summed E-state index contributed by atoms with van der Waals surface area (Å²) < 4.78 is 15.6.